The summed E-state index contributed by atoms with van der Waals surface area (Å²) in [5.41, 5.74) is 10.0. The molecule has 2 aromatic carbocycles. The molecule has 0 aliphatic heterocycles. The fraction of sp³-hybridized carbons (Fsp3) is 0.429. The third-order valence-electron chi connectivity index (χ3n) is 4.13. The lowest BCUT2D eigenvalue weighted by Crippen LogP contribution is -2.15. The molecular weight excluding hydrogens is 282 g/mol. The van der Waals surface area contributed by atoms with Crippen molar-refractivity contribution < 1.29 is 4.74 Å². The van der Waals surface area contributed by atoms with Crippen LogP contribution in [0.4, 0.5) is 0 Å². The quantitative estimate of drug-likeness (QED) is 0.775. The molecule has 0 bridgehead atoms. The van der Waals surface area contributed by atoms with Crippen molar-refractivity contribution in [2.45, 2.75) is 39.5 Å². The van der Waals surface area contributed by atoms with Gasteiger partial charge in [-0.05, 0) is 54.1 Å². The second kappa shape index (κ2) is 8.73. The van der Waals surface area contributed by atoms with Gasteiger partial charge in [-0.3, -0.25) is 0 Å². The third-order valence-corrected chi connectivity index (χ3v) is 4.13. The molecule has 0 saturated heterocycles. The average molecular weight is 311 g/mol. The maximum atomic E-state index is 6.01. The van der Waals surface area contributed by atoms with Crippen molar-refractivity contribution >= 4 is 0 Å². The Bertz CT molecular complexity index is 572. The van der Waals surface area contributed by atoms with Gasteiger partial charge in [-0.25, -0.2) is 0 Å². The first-order chi connectivity index (χ1) is 11.1. The van der Waals surface area contributed by atoms with Gasteiger partial charge in [-0.1, -0.05) is 57.2 Å². The van der Waals surface area contributed by atoms with E-state index in [4.69, 9.17) is 10.5 Å². The molecule has 0 fully saturated rings. The predicted octanol–water partition coefficient (Wildman–Crippen LogP) is 4.57. The van der Waals surface area contributed by atoms with E-state index < -0.39 is 0 Å². The molecule has 1 unspecified atom stereocenters. The van der Waals surface area contributed by atoms with E-state index in [0.717, 1.165) is 25.2 Å². The van der Waals surface area contributed by atoms with Crippen molar-refractivity contribution in [1.82, 2.24) is 0 Å². The monoisotopic (exact) mass is 311 g/mol. The predicted molar refractivity (Wildman–Crippen MR) is 98.1 cm³/mol. The summed E-state index contributed by atoms with van der Waals surface area (Å²) in [4.78, 5) is 0. The Hall–Kier alpha value is -1.80. The molecule has 0 amide bonds. The largest absolute Gasteiger partial charge is 0.493 e. The van der Waals surface area contributed by atoms with Gasteiger partial charge in [-0.2, -0.15) is 0 Å². The Morgan fingerprint density at radius 3 is 2.04 bits per heavy atom. The van der Waals surface area contributed by atoms with Crippen molar-refractivity contribution in [3.8, 4) is 5.75 Å². The number of hydrogen-bond donors (Lipinski definition) is 1. The summed E-state index contributed by atoms with van der Waals surface area (Å²) in [7, 11) is 0. The maximum absolute atomic E-state index is 6.01. The number of ether oxygens (including phenoxy) is 1. The van der Waals surface area contributed by atoms with Crippen LogP contribution in [-0.2, 0) is 12.8 Å². The number of nitrogens with two attached hydrogens (primary N) is 1. The summed E-state index contributed by atoms with van der Waals surface area (Å²) >= 11 is 0. The molecule has 124 valence electrons. The van der Waals surface area contributed by atoms with E-state index >= 15 is 0 Å². The van der Waals surface area contributed by atoms with E-state index in [0.29, 0.717) is 18.4 Å². The summed E-state index contributed by atoms with van der Waals surface area (Å²) in [6.45, 7) is 7.91. The third kappa shape index (κ3) is 5.40. The lowest BCUT2D eigenvalue weighted by molar-refractivity contribution is 0.271. The summed E-state index contributed by atoms with van der Waals surface area (Å²) in [5.74, 6) is 1.85. The first-order valence-electron chi connectivity index (χ1n) is 8.63. The summed E-state index contributed by atoms with van der Waals surface area (Å²) in [6.07, 6.45) is 2.04. The Labute approximate surface area is 140 Å². The molecule has 0 aliphatic rings. The fourth-order valence-electron chi connectivity index (χ4n) is 2.63. The molecule has 2 rings (SSSR count). The molecule has 0 radical (unpaired) electrons. The van der Waals surface area contributed by atoms with E-state index in [1.54, 1.807) is 0 Å². The van der Waals surface area contributed by atoms with Crippen LogP contribution >= 0.6 is 0 Å². The summed E-state index contributed by atoms with van der Waals surface area (Å²) in [5, 5.41) is 0. The van der Waals surface area contributed by atoms with Gasteiger partial charge in [0.15, 0.2) is 0 Å². The van der Waals surface area contributed by atoms with Gasteiger partial charge >= 0.3 is 0 Å². The van der Waals surface area contributed by atoms with Gasteiger partial charge in [0.25, 0.3) is 0 Å². The number of aryl methyl sites for hydroxylation is 1. The molecule has 1 atom stereocenters. The van der Waals surface area contributed by atoms with E-state index in [2.05, 4.69) is 69.3 Å². The zero-order valence-electron chi connectivity index (χ0n) is 14.6. The maximum Gasteiger partial charge on any atom is 0.119 e. The highest BCUT2D eigenvalue weighted by Crippen LogP contribution is 2.22. The summed E-state index contributed by atoms with van der Waals surface area (Å²) in [6, 6.07) is 17.3. The minimum Gasteiger partial charge on any atom is -0.493 e. The Balaban J connectivity index is 2.00. The Morgan fingerprint density at radius 2 is 1.52 bits per heavy atom. The van der Waals surface area contributed by atoms with Crippen LogP contribution in [0, 0.1) is 5.92 Å². The highest BCUT2D eigenvalue weighted by atomic mass is 16.5. The zero-order valence-corrected chi connectivity index (χ0v) is 14.6. The molecule has 0 heterocycles. The van der Waals surface area contributed by atoms with Crippen LogP contribution in [0.2, 0.25) is 0 Å². The van der Waals surface area contributed by atoms with Crippen molar-refractivity contribution in [2.24, 2.45) is 11.7 Å². The van der Waals surface area contributed by atoms with Crippen molar-refractivity contribution in [2.75, 3.05) is 13.2 Å². The average Bonchev–Trinajstić information content (AvgIpc) is 2.59. The lowest BCUT2D eigenvalue weighted by atomic mass is 9.91. The lowest BCUT2D eigenvalue weighted by Gasteiger charge is -2.16. The number of rotatable bonds is 8. The molecule has 23 heavy (non-hydrogen) atoms. The molecule has 2 heteroatoms. The van der Waals surface area contributed by atoms with Crippen LogP contribution in [0.5, 0.6) is 5.75 Å². The van der Waals surface area contributed by atoms with Gasteiger partial charge in [0.05, 0.1) is 6.61 Å². The Kier molecular flexibility index (Phi) is 6.66. The van der Waals surface area contributed by atoms with E-state index in [9.17, 15) is 0 Å². The fourth-order valence-corrected chi connectivity index (χ4v) is 2.63. The van der Waals surface area contributed by atoms with Gasteiger partial charge in [0.2, 0.25) is 0 Å². The summed E-state index contributed by atoms with van der Waals surface area (Å²) < 4.78 is 5.74. The smallest absolute Gasteiger partial charge is 0.119 e. The first kappa shape index (κ1) is 17.6. The van der Waals surface area contributed by atoms with Crippen molar-refractivity contribution in [1.29, 1.82) is 0 Å². The van der Waals surface area contributed by atoms with Crippen LogP contribution in [-0.4, -0.2) is 13.2 Å². The number of benzene rings is 2. The molecule has 0 aliphatic carbocycles. The second-order valence-electron chi connectivity index (χ2n) is 6.58. The van der Waals surface area contributed by atoms with Crippen LogP contribution in [0.25, 0.3) is 0 Å². The molecule has 2 nitrogen and oxygen atoms in total. The molecule has 2 N–H and O–H groups in total. The standard InChI is InChI=1S/C21H29NO/c1-4-17-5-9-19(10-6-17)20(14-22)13-18-7-11-21(12-8-18)23-15-16(2)3/h5-12,16,20H,4,13-15,22H2,1-3H3. The van der Waals surface area contributed by atoms with Gasteiger partial charge in [-0.15, -0.1) is 0 Å². The second-order valence-corrected chi connectivity index (χ2v) is 6.58. The van der Waals surface area contributed by atoms with E-state index in [-0.39, 0.29) is 0 Å². The normalized spacial score (nSPS) is 12.4. The minimum atomic E-state index is 0.364. The molecular formula is C21H29NO. The Morgan fingerprint density at radius 1 is 0.913 bits per heavy atom. The molecule has 0 aromatic heterocycles. The first-order valence-corrected chi connectivity index (χ1v) is 8.63. The van der Waals surface area contributed by atoms with Gasteiger partial charge < -0.3 is 10.5 Å². The molecule has 2 aromatic rings. The van der Waals surface area contributed by atoms with Gasteiger partial charge in [0, 0.05) is 5.92 Å². The minimum absolute atomic E-state index is 0.364. The highest BCUT2D eigenvalue weighted by Gasteiger charge is 2.11. The zero-order chi connectivity index (χ0) is 16.7. The molecule has 0 spiro atoms. The SMILES string of the molecule is CCc1ccc(C(CN)Cc2ccc(OCC(C)C)cc2)cc1. The van der Waals surface area contributed by atoms with Gasteiger partial charge in [0.1, 0.15) is 5.75 Å². The van der Waals surface area contributed by atoms with Crippen molar-refractivity contribution in [3.63, 3.8) is 0 Å². The van der Waals surface area contributed by atoms with Crippen LogP contribution in [0.1, 0.15) is 43.4 Å². The van der Waals surface area contributed by atoms with Crippen LogP contribution < -0.4 is 10.5 Å². The van der Waals surface area contributed by atoms with Crippen LogP contribution in [0.3, 0.4) is 0 Å². The van der Waals surface area contributed by atoms with E-state index in [1.807, 2.05) is 0 Å². The van der Waals surface area contributed by atoms with Crippen molar-refractivity contribution in [3.05, 3.63) is 65.2 Å². The van der Waals surface area contributed by atoms with Crippen LogP contribution in [0.15, 0.2) is 48.5 Å². The highest BCUT2D eigenvalue weighted by molar-refractivity contribution is 5.31. The topological polar surface area (TPSA) is 35.2 Å². The molecule has 0 saturated carbocycles. The van der Waals surface area contributed by atoms with E-state index in [1.165, 1.54) is 16.7 Å². The number of hydrogen-bond acceptors (Lipinski definition) is 2.